The van der Waals surface area contributed by atoms with Crippen molar-refractivity contribution in [3.63, 3.8) is 0 Å². The number of rotatable bonds is 7. The average Bonchev–Trinajstić information content (AvgIpc) is 3.00. The topological polar surface area (TPSA) is 60.9 Å². The van der Waals surface area contributed by atoms with E-state index in [9.17, 15) is 14.7 Å². The highest BCUT2D eigenvalue weighted by Gasteiger charge is 2.45. The van der Waals surface area contributed by atoms with Crippen molar-refractivity contribution >= 4 is 23.1 Å². The van der Waals surface area contributed by atoms with Gasteiger partial charge in [0.15, 0.2) is 0 Å². The molecule has 2 aromatic carbocycles. The molecule has 0 bridgehead atoms. The van der Waals surface area contributed by atoms with Gasteiger partial charge in [-0.15, -0.1) is 0 Å². The van der Waals surface area contributed by atoms with Crippen molar-refractivity contribution < 1.29 is 14.7 Å². The summed E-state index contributed by atoms with van der Waals surface area (Å²) in [5.41, 5.74) is 3.68. The van der Waals surface area contributed by atoms with E-state index < -0.39 is 17.7 Å². The molecule has 5 heteroatoms. The van der Waals surface area contributed by atoms with Crippen molar-refractivity contribution in [2.24, 2.45) is 0 Å². The number of likely N-dealkylation sites (tertiary alicyclic amines) is 1. The van der Waals surface area contributed by atoms with Gasteiger partial charge in [-0.1, -0.05) is 48.9 Å². The van der Waals surface area contributed by atoms with Gasteiger partial charge in [-0.2, -0.15) is 0 Å². The molecule has 3 rings (SSSR count). The third-order valence-electron chi connectivity index (χ3n) is 5.67. The summed E-state index contributed by atoms with van der Waals surface area (Å²) in [6.07, 6.45) is 0.728. The Morgan fingerprint density at radius 2 is 1.57 bits per heavy atom. The Balaban J connectivity index is 2.10. The molecule has 0 spiro atoms. The molecular weight excluding hydrogens is 376 g/mol. The second kappa shape index (κ2) is 9.16. The number of ketones is 1. The van der Waals surface area contributed by atoms with Crippen LogP contribution in [0, 0.1) is 6.92 Å². The molecule has 0 radical (unpaired) electrons. The predicted molar refractivity (Wildman–Crippen MR) is 120 cm³/mol. The van der Waals surface area contributed by atoms with E-state index in [1.54, 1.807) is 17.0 Å². The van der Waals surface area contributed by atoms with Crippen molar-refractivity contribution in [1.82, 2.24) is 4.90 Å². The normalized spacial score (nSPS) is 18.1. The Bertz CT molecular complexity index is 941. The third kappa shape index (κ3) is 3.97. The molecular formula is C25H30N2O3. The van der Waals surface area contributed by atoms with Crippen molar-refractivity contribution in [2.75, 3.05) is 24.5 Å². The Labute approximate surface area is 178 Å². The summed E-state index contributed by atoms with van der Waals surface area (Å²) in [4.78, 5) is 29.5. The van der Waals surface area contributed by atoms with E-state index >= 15 is 0 Å². The van der Waals surface area contributed by atoms with Crippen LogP contribution in [0.1, 0.15) is 49.9 Å². The number of carbonyl (C=O) groups excluding carboxylic acids is 2. The summed E-state index contributed by atoms with van der Waals surface area (Å²) in [7, 11) is 0. The highest BCUT2D eigenvalue weighted by molar-refractivity contribution is 6.46. The number of aliphatic hydroxyl groups is 1. The van der Waals surface area contributed by atoms with Gasteiger partial charge in [0, 0.05) is 30.9 Å². The zero-order valence-electron chi connectivity index (χ0n) is 18.2. The van der Waals surface area contributed by atoms with Crippen LogP contribution in [0.5, 0.6) is 0 Å². The highest BCUT2D eigenvalue weighted by Crippen LogP contribution is 2.39. The molecule has 1 saturated heterocycles. The van der Waals surface area contributed by atoms with Crippen LogP contribution in [0.2, 0.25) is 0 Å². The molecule has 158 valence electrons. The average molecular weight is 407 g/mol. The first-order chi connectivity index (χ1) is 14.4. The molecule has 1 atom stereocenters. The number of carbonyl (C=O) groups is 2. The number of hydrogen-bond donors (Lipinski definition) is 1. The molecule has 1 unspecified atom stereocenters. The van der Waals surface area contributed by atoms with Gasteiger partial charge >= 0.3 is 0 Å². The van der Waals surface area contributed by atoms with Crippen LogP contribution in [-0.4, -0.2) is 41.3 Å². The van der Waals surface area contributed by atoms with E-state index in [2.05, 4.69) is 18.7 Å². The maximum Gasteiger partial charge on any atom is 0.295 e. The lowest BCUT2D eigenvalue weighted by molar-refractivity contribution is -0.139. The van der Waals surface area contributed by atoms with Gasteiger partial charge in [-0.25, -0.2) is 0 Å². The van der Waals surface area contributed by atoms with Crippen molar-refractivity contribution in [3.05, 3.63) is 70.8 Å². The van der Waals surface area contributed by atoms with Crippen LogP contribution in [0.3, 0.4) is 0 Å². The van der Waals surface area contributed by atoms with Gasteiger partial charge < -0.3 is 14.9 Å². The third-order valence-corrected chi connectivity index (χ3v) is 5.67. The molecule has 1 aliphatic rings. The number of benzene rings is 2. The van der Waals surface area contributed by atoms with Gasteiger partial charge in [0.25, 0.3) is 11.7 Å². The van der Waals surface area contributed by atoms with Crippen LogP contribution in [-0.2, 0) is 9.59 Å². The smallest absolute Gasteiger partial charge is 0.295 e. The molecule has 0 aromatic heterocycles. The Kier molecular flexibility index (Phi) is 6.60. The minimum Gasteiger partial charge on any atom is -0.507 e. The SMILES string of the molecule is CCCN1C(=O)C(=O)/C(=C(\O)c2ccc(C)cc2)C1c1ccc(N(CC)CC)cc1. The number of hydrogen-bond acceptors (Lipinski definition) is 4. The number of aliphatic hydroxyl groups excluding tert-OH is 1. The first-order valence-electron chi connectivity index (χ1n) is 10.6. The van der Waals surface area contributed by atoms with Crippen LogP contribution < -0.4 is 4.90 Å². The number of anilines is 1. The summed E-state index contributed by atoms with van der Waals surface area (Å²) in [5.74, 6) is -1.30. The standard InChI is InChI=1S/C25H30N2O3/c1-5-16-27-22(18-12-14-20(15-13-18)26(6-2)7-3)21(24(29)25(27)30)23(28)19-10-8-17(4)9-11-19/h8-15,22,28H,5-7,16H2,1-4H3/b23-21-. The number of Topliss-reactive ketones (excluding diaryl/α,β-unsaturated/α-hetero) is 1. The van der Waals surface area contributed by atoms with Crippen LogP contribution in [0.25, 0.3) is 5.76 Å². The Morgan fingerprint density at radius 1 is 0.967 bits per heavy atom. The summed E-state index contributed by atoms with van der Waals surface area (Å²) < 4.78 is 0. The van der Waals surface area contributed by atoms with E-state index in [0.717, 1.165) is 36.3 Å². The molecule has 1 N–H and O–H groups in total. The zero-order chi connectivity index (χ0) is 21.8. The van der Waals surface area contributed by atoms with Crippen LogP contribution in [0.15, 0.2) is 54.1 Å². The second-order valence-corrected chi connectivity index (χ2v) is 7.62. The number of aryl methyl sites for hydroxylation is 1. The fourth-order valence-electron chi connectivity index (χ4n) is 4.02. The Morgan fingerprint density at radius 3 is 2.10 bits per heavy atom. The van der Waals surface area contributed by atoms with Gasteiger partial charge in [0.05, 0.1) is 11.6 Å². The molecule has 5 nitrogen and oxygen atoms in total. The number of amides is 1. The van der Waals surface area contributed by atoms with Gasteiger partial charge in [0.2, 0.25) is 0 Å². The van der Waals surface area contributed by atoms with E-state index in [-0.39, 0.29) is 11.3 Å². The molecule has 0 aliphatic carbocycles. The lowest BCUT2D eigenvalue weighted by atomic mass is 9.94. The molecule has 1 heterocycles. The van der Waals surface area contributed by atoms with Crippen molar-refractivity contribution in [1.29, 1.82) is 0 Å². The minimum atomic E-state index is -0.626. The minimum absolute atomic E-state index is 0.121. The quantitative estimate of drug-likeness (QED) is 0.412. The summed E-state index contributed by atoms with van der Waals surface area (Å²) >= 11 is 0. The highest BCUT2D eigenvalue weighted by atomic mass is 16.3. The summed E-state index contributed by atoms with van der Waals surface area (Å²) in [6, 6.07) is 14.7. The molecule has 1 aliphatic heterocycles. The second-order valence-electron chi connectivity index (χ2n) is 7.62. The van der Waals surface area contributed by atoms with Crippen LogP contribution in [0.4, 0.5) is 5.69 Å². The van der Waals surface area contributed by atoms with E-state index in [1.165, 1.54) is 0 Å². The fraction of sp³-hybridized carbons (Fsp3) is 0.360. The lowest BCUT2D eigenvalue weighted by Crippen LogP contribution is -2.30. The van der Waals surface area contributed by atoms with Crippen molar-refractivity contribution in [2.45, 2.75) is 40.2 Å². The molecule has 1 fully saturated rings. The zero-order valence-corrected chi connectivity index (χ0v) is 18.2. The van der Waals surface area contributed by atoms with Gasteiger partial charge in [0.1, 0.15) is 5.76 Å². The maximum absolute atomic E-state index is 12.9. The fourth-order valence-corrected chi connectivity index (χ4v) is 4.02. The van der Waals surface area contributed by atoms with Crippen LogP contribution >= 0.6 is 0 Å². The van der Waals surface area contributed by atoms with Crippen molar-refractivity contribution in [3.8, 4) is 0 Å². The molecule has 30 heavy (non-hydrogen) atoms. The van der Waals surface area contributed by atoms with E-state index in [1.807, 2.05) is 50.2 Å². The summed E-state index contributed by atoms with van der Waals surface area (Å²) in [6.45, 7) is 10.4. The van der Waals surface area contributed by atoms with E-state index in [4.69, 9.17) is 0 Å². The molecule has 0 saturated carbocycles. The van der Waals surface area contributed by atoms with Gasteiger partial charge in [-0.3, -0.25) is 9.59 Å². The van der Waals surface area contributed by atoms with E-state index in [0.29, 0.717) is 12.1 Å². The lowest BCUT2D eigenvalue weighted by Gasteiger charge is -2.26. The molecule has 2 aromatic rings. The maximum atomic E-state index is 12.9. The monoisotopic (exact) mass is 406 g/mol. The van der Waals surface area contributed by atoms with Gasteiger partial charge in [-0.05, 0) is 44.9 Å². The number of nitrogens with zero attached hydrogens (tertiary/aromatic N) is 2. The first-order valence-corrected chi connectivity index (χ1v) is 10.6. The first kappa shape index (κ1) is 21.6. The Hall–Kier alpha value is -3.08. The predicted octanol–water partition coefficient (Wildman–Crippen LogP) is 4.67. The summed E-state index contributed by atoms with van der Waals surface area (Å²) in [5, 5.41) is 11.0. The molecule has 1 amide bonds. The largest absolute Gasteiger partial charge is 0.507 e.